The second kappa shape index (κ2) is 5.95. The molecule has 1 saturated carbocycles. The van der Waals surface area contributed by atoms with E-state index in [0.717, 1.165) is 12.5 Å². The van der Waals surface area contributed by atoms with E-state index in [1.165, 1.54) is 25.7 Å². The molecule has 0 spiro atoms. The lowest BCUT2D eigenvalue weighted by atomic mass is 9.82. The Morgan fingerprint density at radius 1 is 1.47 bits per heavy atom. The van der Waals surface area contributed by atoms with Crippen LogP contribution in [-0.4, -0.2) is 17.6 Å². The lowest BCUT2D eigenvalue weighted by molar-refractivity contribution is 0.0698. The third-order valence-corrected chi connectivity index (χ3v) is 3.94. The number of anilines is 2. The van der Waals surface area contributed by atoms with Crippen molar-refractivity contribution < 1.29 is 9.90 Å². The molecule has 0 aliphatic heterocycles. The second-order valence-corrected chi connectivity index (χ2v) is 5.59. The number of benzene rings is 1. The van der Waals surface area contributed by atoms with Gasteiger partial charge in [0.2, 0.25) is 0 Å². The predicted molar refractivity (Wildman–Crippen MR) is 77.4 cm³/mol. The van der Waals surface area contributed by atoms with Crippen molar-refractivity contribution in [3.63, 3.8) is 0 Å². The minimum Gasteiger partial charge on any atom is -0.478 e. The smallest absolute Gasteiger partial charge is 0.337 e. The van der Waals surface area contributed by atoms with Crippen LogP contribution in [0.15, 0.2) is 18.2 Å². The van der Waals surface area contributed by atoms with Gasteiger partial charge in [0.1, 0.15) is 0 Å². The summed E-state index contributed by atoms with van der Waals surface area (Å²) in [4.78, 5) is 11.2. The summed E-state index contributed by atoms with van der Waals surface area (Å²) in [6.07, 6.45) is 5.00. The standard InChI is InChI=1S/C15H22N2O2/c1-10-4-2-5-11(8-10)9-17-14-12(15(18)19)6-3-7-13(14)16/h3,6-7,10-11,17H,2,4-5,8-9,16H2,1H3,(H,18,19). The summed E-state index contributed by atoms with van der Waals surface area (Å²) in [5, 5.41) is 12.4. The zero-order valence-corrected chi connectivity index (χ0v) is 11.4. The van der Waals surface area contributed by atoms with Crippen LogP contribution in [0.1, 0.15) is 43.0 Å². The van der Waals surface area contributed by atoms with Crippen molar-refractivity contribution in [1.82, 2.24) is 0 Å². The highest BCUT2D eigenvalue weighted by Gasteiger charge is 2.20. The Hall–Kier alpha value is -1.71. The average molecular weight is 262 g/mol. The van der Waals surface area contributed by atoms with Crippen LogP contribution in [0.25, 0.3) is 0 Å². The van der Waals surface area contributed by atoms with Crippen molar-refractivity contribution in [2.75, 3.05) is 17.6 Å². The van der Waals surface area contributed by atoms with E-state index in [2.05, 4.69) is 12.2 Å². The predicted octanol–water partition coefficient (Wildman–Crippen LogP) is 3.21. The fraction of sp³-hybridized carbons (Fsp3) is 0.533. The first-order chi connectivity index (χ1) is 9.08. The molecule has 19 heavy (non-hydrogen) atoms. The van der Waals surface area contributed by atoms with Crippen molar-refractivity contribution in [1.29, 1.82) is 0 Å². The highest BCUT2D eigenvalue weighted by atomic mass is 16.4. The van der Waals surface area contributed by atoms with Crippen LogP contribution in [0.2, 0.25) is 0 Å². The number of hydrogen-bond donors (Lipinski definition) is 3. The second-order valence-electron chi connectivity index (χ2n) is 5.59. The van der Waals surface area contributed by atoms with Crippen molar-refractivity contribution in [3.8, 4) is 0 Å². The molecular weight excluding hydrogens is 240 g/mol. The normalized spacial score (nSPS) is 23.0. The Bertz CT molecular complexity index is 459. The molecule has 1 aliphatic carbocycles. The Morgan fingerprint density at radius 2 is 2.26 bits per heavy atom. The number of carboxylic acid groups (broad SMARTS) is 1. The molecule has 1 fully saturated rings. The Balaban J connectivity index is 2.04. The molecule has 2 unspecified atom stereocenters. The molecule has 0 bridgehead atoms. The van der Waals surface area contributed by atoms with E-state index in [1.807, 2.05) is 0 Å². The van der Waals surface area contributed by atoms with Crippen LogP contribution < -0.4 is 11.1 Å². The topological polar surface area (TPSA) is 75.3 Å². The highest BCUT2D eigenvalue weighted by molar-refractivity contribution is 5.97. The number of carbonyl (C=O) groups is 1. The van der Waals surface area contributed by atoms with E-state index >= 15 is 0 Å². The first-order valence-corrected chi connectivity index (χ1v) is 6.93. The van der Waals surface area contributed by atoms with Gasteiger partial charge in [0.15, 0.2) is 0 Å². The minimum atomic E-state index is -0.938. The molecule has 4 nitrogen and oxygen atoms in total. The minimum absolute atomic E-state index is 0.254. The van der Waals surface area contributed by atoms with Gasteiger partial charge in [0, 0.05) is 6.54 Å². The van der Waals surface area contributed by atoms with Crippen molar-refractivity contribution in [2.45, 2.75) is 32.6 Å². The summed E-state index contributed by atoms with van der Waals surface area (Å²) in [6, 6.07) is 5.00. The van der Waals surface area contributed by atoms with Crippen molar-refractivity contribution >= 4 is 17.3 Å². The highest BCUT2D eigenvalue weighted by Crippen LogP contribution is 2.30. The first-order valence-electron chi connectivity index (χ1n) is 6.93. The van der Waals surface area contributed by atoms with E-state index < -0.39 is 5.97 Å². The number of rotatable bonds is 4. The molecule has 4 heteroatoms. The van der Waals surface area contributed by atoms with Crippen molar-refractivity contribution in [3.05, 3.63) is 23.8 Å². The quantitative estimate of drug-likeness (QED) is 0.728. The fourth-order valence-electron chi connectivity index (χ4n) is 2.94. The zero-order chi connectivity index (χ0) is 13.8. The third-order valence-electron chi connectivity index (χ3n) is 3.94. The molecule has 0 radical (unpaired) electrons. The zero-order valence-electron chi connectivity index (χ0n) is 11.4. The van der Waals surface area contributed by atoms with Crippen LogP contribution in [-0.2, 0) is 0 Å². The Kier molecular flexibility index (Phi) is 4.30. The number of hydrogen-bond acceptors (Lipinski definition) is 3. The molecule has 0 saturated heterocycles. The molecule has 2 atom stereocenters. The van der Waals surface area contributed by atoms with E-state index in [0.29, 0.717) is 17.3 Å². The van der Waals surface area contributed by atoms with E-state index in [9.17, 15) is 9.90 Å². The first kappa shape index (κ1) is 13.7. The maximum absolute atomic E-state index is 11.2. The summed E-state index contributed by atoms with van der Waals surface area (Å²) < 4.78 is 0. The van der Waals surface area contributed by atoms with Crippen LogP contribution in [0.4, 0.5) is 11.4 Å². The van der Waals surface area contributed by atoms with Crippen LogP contribution in [0, 0.1) is 11.8 Å². The lowest BCUT2D eigenvalue weighted by Gasteiger charge is -2.27. The van der Waals surface area contributed by atoms with Gasteiger partial charge < -0.3 is 16.2 Å². The van der Waals surface area contributed by atoms with Gasteiger partial charge in [0.05, 0.1) is 16.9 Å². The summed E-state index contributed by atoms with van der Waals surface area (Å²) in [7, 11) is 0. The summed E-state index contributed by atoms with van der Waals surface area (Å²) in [5.74, 6) is 0.449. The van der Waals surface area contributed by atoms with Crippen molar-refractivity contribution in [2.24, 2.45) is 11.8 Å². The van der Waals surface area contributed by atoms with Gasteiger partial charge in [-0.2, -0.15) is 0 Å². The number of carboxylic acids is 1. The molecule has 104 valence electrons. The van der Waals surface area contributed by atoms with Gasteiger partial charge in [-0.1, -0.05) is 25.8 Å². The van der Waals surface area contributed by atoms with Gasteiger partial charge in [-0.3, -0.25) is 0 Å². The molecule has 2 rings (SSSR count). The van der Waals surface area contributed by atoms with Crippen LogP contribution in [0.5, 0.6) is 0 Å². The van der Waals surface area contributed by atoms with Gasteiger partial charge in [-0.15, -0.1) is 0 Å². The molecule has 1 aromatic carbocycles. The van der Waals surface area contributed by atoms with Gasteiger partial charge in [0.25, 0.3) is 0 Å². The van der Waals surface area contributed by atoms with Gasteiger partial charge in [-0.25, -0.2) is 4.79 Å². The Morgan fingerprint density at radius 3 is 2.95 bits per heavy atom. The van der Waals surface area contributed by atoms with Crippen LogP contribution in [0.3, 0.4) is 0 Å². The molecule has 1 aliphatic rings. The van der Waals surface area contributed by atoms with Crippen LogP contribution >= 0.6 is 0 Å². The summed E-state index contributed by atoms with van der Waals surface area (Å²) in [6.45, 7) is 3.09. The molecule has 0 aromatic heterocycles. The average Bonchev–Trinajstić information content (AvgIpc) is 2.37. The molecule has 0 heterocycles. The maximum Gasteiger partial charge on any atom is 0.337 e. The monoisotopic (exact) mass is 262 g/mol. The number of nitrogens with two attached hydrogens (primary N) is 1. The Labute approximate surface area is 114 Å². The van der Waals surface area contributed by atoms with E-state index in [1.54, 1.807) is 18.2 Å². The summed E-state index contributed by atoms with van der Waals surface area (Å²) in [5.41, 5.74) is 7.20. The molecule has 0 amide bonds. The maximum atomic E-state index is 11.2. The van der Waals surface area contributed by atoms with Gasteiger partial charge in [-0.05, 0) is 36.8 Å². The summed E-state index contributed by atoms with van der Waals surface area (Å²) >= 11 is 0. The molecular formula is C15H22N2O2. The number of nitrogen functional groups attached to an aromatic ring is 1. The number of aromatic carboxylic acids is 1. The lowest BCUT2D eigenvalue weighted by Crippen LogP contribution is -2.22. The number of nitrogens with one attached hydrogen (secondary N) is 1. The van der Waals surface area contributed by atoms with E-state index in [4.69, 9.17) is 5.73 Å². The fourth-order valence-corrected chi connectivity index (χ4v) is 2.94. The number of para-hydroxylation sites is 1. The molecule has 4 N–H and O–H groups in total. The van der Waals surface area contributed by atoms with Gasteiger partial charge >= 0.3 is 5.97 Å². The SMILES string of the molecule is CC1CCCC(CNc2c(N)cccc2C(=O)O)C1. The van der Waals surface area contributed by atoms with E-state index in [-0.39, 0.29) is 5.56 Å². The molecule has 1 aromatic rings. The largest absolute Gasteiger partial charge is 0.478 e. The third kappa shape index (κ3) is 3.40.